The number of hydrogen-bond acceptors (Lipinski definition) is 5. The van der Waals surface area contributed by atoms with Crippen LogP contribution in [0.3, 0.4) is 0 Å². The number of aliphatic hydroxyl groups is 1. The maximum Gasteiger partial charge on any atom is 0.290 e. The molecule has 0 bridgehead atoms. The Morgan fingerprint density at radius 1 is 1.20 bits per heavy atom. The second-order valence-electron chi connectivity index (χ2n) is 9.32. The Kier molecular flexibility index (Phi) is 7.91. The molecule has 1 aliphatic rings. The number of aliphatic hydroxyl groups excluding tert-OH is 1. The third-order valence-corrected chi connectivity index (χ3v) is 9.79. The van der Waals surface area contributed by atoms with Crippen molar-refractivity contribution in [3.63, 3.8) is 0 Å². The summed E-state index contributed by atoms with van der Waals surface area (Å²) in [5.74, 6) is 0.0647. The van der Waals surface area contributed by atoms with Gasteiger partial charge in [-0.1, -0.05) is 51.1 Å². The fourth-order valence-corrected chi connectivity index (χ4v) is 3.46. The van der Waals surface area contributed by atoms with Crippen molar-refractivity contribution in [2.45, 2.75) is 71.5 Å². The van der Waals surface area contributed by atoms with E-state index in [1.807, 2.05) is 44.2 Å². The van der Waals surface area contributed by atoms with Crippen LogP contribution in [0.2, 0.25) is 18.1 Å². The third-order valence-electron chi connectivity index (χ3n) is 5.31. The average Bonchev–Trinajstić information content (AvgIpc) is 2.64. The minimum Gasteiger partial charge on any atom is -0.486 e. The van der Waals surface area contributed by atoms with E-state index in [-0.39, 0.29) is 35.8 Å². The quantitative estimate of drug-likeness (QED) is 0.600. The van der Waals surface area contributed by atoms with Crippen molar-refractivity contribution in [3.8, 4) is 0 Å². The van der Waals surface area contributed by atoms with E-state index in [4.69, 9.17) is 13.9 Å². The fourth-order valence-electron chi connectivity index (χ4n) is 2.52. The highest BCUT2D eigenvalue weighted by molar-refractivity contribution is 6.74. The summed E-state index contributed by atoms with van der Waals surface area (Å²) in [4.78, 5) is 12.7. The summed E-state index contributed by atoms with van der Waals surface area (Å²) >= 11 is 0. The molecule has 7 heteroatoms. The smallest absolute Gasteiger partial charge is 0.290 e. The molecule has 1 unspecified atom stereocenters. The molecule has 6 nitrogen and oxygen atoms in total. The molecule has 0 radical (unpaired) electrons. The zero-order valence-electron chi connectivity index (χ0n) is 19.1. The molecular formula is C23H35NO5Si. The molecule has 0 fully saturated rings. The Balaban J connectivity index is 2.19. The predicted octanol–water partition coefficient (Wildman–Crippen LogP) is 4.24. The summed E-state index contributed by atoms with van der Waals surface area (Å²) < 4.78 is 17.9. The third kappa shape index (κ3) is 6.45. The highest BCUT2D eigenvalue weighted by Gasteiger charge is 2.38. The van der Waals surface area contributed by atoms with Crippen LogP contribution in [0.1, 0.15) is 40.2 Å². The Morgan fingerprint density at radius 2 is 1.83 bits per heavy atom. The van der Waals surface area contributed by atoms with E-state index in [2.05, 4.69) is 39.2 Å². The van der Waals surface area contributed by atoms with Crippen molar-refractivity contribution in [1.82, 2.24) is 5.32 Å². The number of carbonyl (C=O) groups excluding carboxylic acids is 1. The van der Waals surface area contributed by atoms with Crippen LogP contribution < -0.4 is 5.32 Å². The first-order valence-electron chi connectivity index (χ1n) is 10.3. The lowest BCUT2D eigenvalue weighted by Gasteiger charge is -2.36. The molecule has 0 saturated heterocycles. The van der Waals surface area contributed by atoms with E-state index in [0.717, 1.165) is 5.56 Å². The molecule has 1 aromatic carbocycles. The van der Waals surface area contributed by atoms with E-state index in [9.17, 15) is 9.90 Å². The first-order chi connectivity index (χ1) is 13.9. The Bertz CT molecular complexity index is 794. The minimum atomic E-state index is -2.01. The average molecular weight is 434 g/mol. The highest BCUT2D eigenvalue weighted by atomic mass is 28.4. The number of amides is 1. The van der Waals surface area contributed by atoms with Gasteiger partial charge >= 0.3 is 0 Å². The van der Waals surface area contributed by atoms with Crippen LogP contribution in [0.5, 0.6) is 0 Å². The van der Waals surface area contributed by atoms with Crippen LogP contribution in [0.15, 0.2) is 53.7 Å². The molecule has 1 heterocycles. The zero-order valence-corrected chi connectivity index (χ0v) is 20.1. The SMILES string of the molecule is CC(C)NC(=O)C1=C(OCc2ccccc2)C(O)C=C(CO[Si](C)(C)C(C)(C)C)O1. The van der Waals surface area contributed by atoms with Gasteiger partial charge in [0.15, 0.2) is 14.1 Å². The molecule has 1 atom stereocenters. The maximum atomic E-state index is 12.7. The lowest BCUT2D eigenvalue weighted by atomic mass is 10.1. The second kappa shape index (κ2) is 9.81. The first kappa shape index (κ1) is 24.2. The summed E-state index contributed by atoms with van der Waals surface area (Å²) in [6.45, 7) is 14.9. The van der Waals surface area contributed by atoms with Gasteiger partial charge in [0, 0.05) is 6.04 Å². The topological polar surface area (TPSA) is 77.0 Å². The van der Waals surface area contributed by atoms with Crippen LogP contribution in [0.25, 0.3) is 0 Å². The maximum absolute atomic E-state index is 12.7. The second-order valence-corrected chi connectivity index (χ2v) is 14.1. The summed E-state index contributed by atoms with van der Waals surface area (Å²) in [6.07, 6.45) is 0.452. The minimum absolute atomic E-state index is 0.0246. The number of rotatable bonds is 8. The highest BCUT2D eigenvalue weighted by Crippen LogP contribution is 2.37. The van der Waals surface area contributed by atoms with Gasteiger partial charge in [0.1, 0.15) is 18.5 Å². The molecular weight excluding hydrogens is 398 g/mol. The Hall–Kier alpha value is -2.09. The molecule has 1 amide bonds. The van der Waals surface area contributed by atoms with Gasteiger partial charge in [-0.05, 0) is 43.6 Å². The van der Waals surface area contributed by atoms with Crippen LogP contribution in [0, 0.1) is 0 Å². The van der Waals surface area contributed by atoms with Crippen molar-refractivity contribution in [1.29, 1.82) is 0 Å². The molecule has 0 saturated carbocycles. The van der Waals surface area contributed by atoms with Crippen molar-refractivity contribution >= 4 is 14.2 Å². The summed E-state index contributed by atoms with van der Waals surface area (Å²) in [7, 11) is -2.01. The van der Waals surface area contributed by atoms with Crippen molar-refractivity contribution in [2.75, 3.05) is 6.61 Å². The molecule has 30 heavy (non-hydrogen) atoms. The van der Waals surface area contributed by atoms with Gasteiger partial charge in [-0.2, -0.15) is 0 Å². The number of nitrogens with one attached hydrogen (secondary N) is 1. The lowest BCUT2D eigenvalue weighted by molar-refractivity contribution is -0.121. The van der Waals surface area contributed by atoms with E-state index < -0.39 is 20.3 Å². The molecule has 0 aliphatic carbocycles. The van der Waals surface area contributed by atoms with Crippen LogP contribution >= 0.6 is 0 Å². The van der Waals surface area contributed by atoms with Crippen molar-refractivity contribution in [3.05, 3.63) is 59.2 Å². The van der Waals surface area contributed by atoms with Crippen LogP contribution in [-0.4, -0.2) is 38.1 Å². The Labute approximate surface area is 181 Å². The molecule has 2 rings (SSSR count). The van der Waals surface area contributed by atoms with Gasteiger partial charge in [0.2, 0.25) is 5.76 Å². The van der Waals surface area contributed by atoms with Gasteiger partial charge in [-0.3, -0.25) is 4.79 Å². The number of carbonyl (C=O) groups is 1. The molecule has 0 aromatic heterocycles. The normalized spacial score (nSPS) is 17.5. The molecule has 1 aromatic rings. The van der Waals surface area contributed by atoms with Gasteiger partial charge in [-0.15, -0.1) is 0 Å². The van der Waals surface area contributed by atoms with Crippen LogP contribution in [-0.2, 0) is 25.3 Å². The summed E-state index contributed by atoms with van der Waals surface area (Å²) in [5.41, 5.74) is 0.928. The summed E-state index contributed by atoms with van der Waals surface area (Å²) in [6, 6.07) is 9.48. The number of hydrogen-bond donors (Lipinski definition) is 2. The van der Waals surface area contributed by atoms with Gasteiger partial charge in [0.05, 0.1) is 6.61 Å². The van der Waals surface area contributed by atoms with Gasteiger partial charge in [0.25, 0.3) is 5.91 Å². The molecule has 1 aliphatic heterocycles. The largest absolute Gasteiger partial charge is 0.486 e. The fraction of sp³-hybridized carbons (Fsp3) is 0.522. The Morgan fingerprint density at radius 3 is 2.40 bits per heavy atom. The standard InChI is InChI=1S/C23H35NO5Si/c1-16(2)24-22(26)21-20(27-14-17-11-9-8-10-12-17)19(25)13-18(29-21)15-28-30(6,7)23(3,4)5/h8-13,16,19,25H,14-15H2,1-7H3,(H,24,26). The van der Waals surface area contributed by atoms with Gasteiger partial charge in [-0.25, -0.2) is 0 Å². The molecule has 2 N–H and O–H groups in total. The van der Waals surface area contributed by atoms with Crippen molar-refractivity contribution < 1.29 is 23.8 Å². The lowest BCUT2D eigenvalue weighted by Crippen LogP contribution is -2.42. The monoisotopic (exact) mass is 433 g/mol. The van der Waals surface area contributed by atoms with Crippen molar-refractivity contribution in [2.24, 2.45) is 0 Å². The van der Waals surface area contributed by atoms with E-state index in [1.165, 1.54) is 0 Å². The number of benzene rings is 1. The van der Waals surface area contributed by atoms with E-state index in [1.54, 1.807) is 6.08 Å². The zero-order chi connectivity index (χ0) is 22.5. The van der Waals surface area contributed by atoms with Gasteiger partial charge < -0.3 is 24.3 Å². The molecule has 166 valence electrons. The van der Waals surface area contributed by atoms with Crippen LogP contribution in [0.4, 0.5) is 0 Å². The predicted molar refractivity (Wildman–Crippen MR) is 120 cm³/mol. The molecule has 0 spiro atoms. The van der Waals surface area contributed by atoms with E-state index in [0.29, 0.717) is 5.76 Å². The first-order valence-corrected chi connectivity index (χ1v) is 13.2. The summed E-state index contributed by atoms with van der Waals surface area (Å²) in [5, 5.41) is 13.5. The number of ether oxygens (including phenoxy) is 2. The van der Waals surface area contributed by atoms with E-state index >= 15 is 0 Å².